The summed E-state index contributed by atoms with van der Waals surface area (Å²) in [6.07, 6.45) is 17.6. The molecule has 0 spiro atoms. The van der Waals surface area contributed by atoms with Gasteiger partial charge in [-0.3, -0.25) is 9.05 Å². The fraction of sp³-hybridized carbons (Fsp3) is 1.00. The van der Waals surface area contributed by atoms with Gasteiger partial charge in [0.2, 0.25) is 0 Å². The molecule has 0 aromatic rings. The molecule has 0 bridgehead atoms. The summed E-state index contributed by atoms with van der Waals surface area (Å²) in [7, 11) is -4.58. The lowest BCUT2D eigenvalue weighted by molar-refractivity contribution is -0.281. The number of hydrogen-bond acceptors (Lipinski definition) is 8. The van der Waals surface area contributed by atoms with E-state index in [2.05, 4.69) is 41.5 Å². The average Bonchev–Trinajstić information content (AvgIpc) is 3.07. The van der Waals surface area contributed by atoms with Crippen LogP contribution in [0.15, 0.2) is 0 Å². The largest absolute Gasteiger partial charge is 0.474 e. The number of ether oxygens (including phenoxy) is 1. The number of alkyl halides is 2. The highest BCUT2D eigenvalue weighted by atomic mass is 35.5. The number of unbranched alkanes of at least 4 members (excludes halogenated alkanes) is 4. The van der Waals surface area contributed by atoms with Gasteiger partial charge in [0.05, 0.1) is 18.6 Å². The molecule has 5 N–H and O–H groups in total. The molecule has 0 aliphatic carbocycles. The highest BCUT2D eigenvalue weighted by Gasteiger charge is 2.46. The molecule has 3 unspecified atom stereocenters. The third kappa shape index (κ3) is 26.9. The Morgan fingerprint density at radius 3 is 1.37 bits per heavy atom. The molecular weight excluding hydrogens is 714 g/mol. The molecule has 1 saturated heterocycles. The highest BCUT2D eigenvalue weighted by molar-refractivity contribution is 7.47. The Bertz CT molecular complexity index is 842. The molecule has 1 aliphatic heterocycles. The third-order valence-electron chi connectivity index (χ3n) is 10.6. The van der Waals surface area contributed by atoms with Gasteiger partial charge in [-0.05, 0) is 42.4 Å². The van der Waals surface area contributed by atoms with Crippen LogP contribution in [0.4, 0.5) is 0 Å². The summed E-state index contributed by atoms with van der Waals surface area (Å²) in [6, 6.07) is 0. The van der Waals surface area contributed by atoms with Crippen molar-refractivity contribution >= 4 is 31.0 Å². The maximum absolute atomic E-state index is 12.3. The van der Waals surface area contributed by atoms with Gasteiger partial charge >= 0.3 is 7.82 Å². The van der Waals surface area contributed by atoms with Crippen molar-refractivity contribution in [2.24, 2.45) is 29.6 Å². The first kappa shape index (κ1) is 51.5. The van der Waals surface area contributed by atoms with Crippen LogP contribution < -0.4 is 0 Å². The van der Waals surface area contributed by atoms with Crippen molar-refractivity contribution in [3.63, 3.8) is 0 Å². The van der Waals surface area contributed by atoms with Gasteiger partial charge in [0.1, 0.15) is 24.4 Å². The van der Waals surface area contributed by atoms with Crippen molar-refractivity contribution in [3.05, 3.63) is 0 Å². The van der Waals surface area contributed by atoms with Crippen LogP contribution in [0.3, 0.4) is 0 Å². The summed E-state index contributed by atoms with van der Waals surface area (Å²) in [5, 5.41) is 39.1. The van der Waals surface area contributed by atoms with E-state index in [4.69, 9.17) is 37.0 Å². The molecule has 1 rings (SSSR count). The molecule has 9 nitrogen and oxygen atoms in total. The minimum absolute atomic E-state index is 0.00161. The molecule has 1 aliphatic rings. The zero-order chi connectivity index (χ0) is 38.7. The van der Waals surface area contributed by atoms with Gasteiger partial charge in [0, 0.05) is 0 Å². The third-order valence-corrected chi connectivity index (χ3v) is 11.5. The molecule has 12 heteroatoms. The monoisotopic (exact) mass is 792 g/mol. The number of halogens is 2. The lowest BCUT2D eigenvalue weighted by Gasteiger charge is -2.39. The van der Waals surface area contributed by atoms with E-state index < -0.39 is 45.1 Å². The van der Waals surface area contributed by atoms with Gasteiger partial charge in [0.25, 0.3) is 0 Å². The van der Waals surface area contributed by atoms with E-state index in [0.29, 0.717) is 12.3 Å². The zero-order valence-corrected chi connectivity index (χ0v) is 35.5. The average molecular weight is 794 g/mol. The van der Waals surface area contributed by atoms with E-state index in [1.54, 1.807) is 0 Å². The minimum atomic E-state index is -4.58. The lowest BCUT2D eigenvalue weighted by atomic mass is 9.89. The molecule has 1 fully saturated rings. The second-order valence-electron chi connectivity index (χ2n) is 15.8. The first-order chi connectivity index (χ1) is 24.2. The molecule has 11 atom stereocenters. The molecule has 1 heterocycles. The molecular formula is C39H79Cl2O9P. The van der Waals surface area contributed by atoms with Gasteiger partial charge in [-0.1, -0.05) is 157 Å². The van der Waals surface area contributed by atoms with E-state index in [-0.39, 0.29) is 11.9 Å². The molecule has 308 valence electrons. The molecule has 0 aromatic heterocycles. The topological polar surface area (TPSA) is 146 Å². The Kier molecular flexibility index (Phi) is 32.0. The Balaban J connectivity index is 0.00000802. The Hall–Kier alpha value is 0.490. The lowest BCUT2D eigenvalue weighted by Crippen LogP contribution is -2.58. The van der Waals surface area contributed by atoms with Gasteiger partial charge in [0.15, 0.2) is 6.29 Å². The van der Waals surface area contributed by atoms with Gasteiger partial charge in [-0.2, -0.15) is 0 Å². The summed E-state index contributed by atoms with van der Waals surface area (Å²) in [6.45, 7) is 13.5. The maximum atomic E-state index is 12.3. The molecule has 0 radical (unpaired) electrons. The van der Waals surface area contributed by atoms with Crippen LogP contribution in [0.2, 0.25) is 0 Å². The molecule has 0 amide bonds. The first-order valence-electron chi connectivity index (χ1n) is 20.3. The fourth-order valence-corrected chi connectivity index (χ4v) is 7.86. The van der Waals surface area contributed by atoms with Gasteiger partial charge < -0.3 is 30.1 Å². The number of aliphatic hydroxyl groups excluding tert-OH is 4. The van der Waals surface area contributed by atoms with E-state index in [9.17, 15) is 29.9 Å². The normalized spacial score (nSPS) is 24.9. The maximum Gasteiger partial charge on any atom is 0.474 e. The van der Waals surface area contributed by atoms with Gasteiger partial charge in [-0.15, -0.1) is 23.2 Å². The van der Waals surface area contributed by atoms with Crippen molar-refractivity contribution in [1.29, 1.82) is 0 Å². The first-order valence-corrected chi connectivity index (χ1v) is 22.9. The van der Waals surface area contributed by atoms with Crippen molar-refractivity contribution in [2.45, 2.75) is 201 Å². The van der Waals surface area contributed by atoms with Crippen molar-refractivity contribution in [1.82, 2.24) is 0 Å². The van der Waals surface area contributed by atoms with E-state index in [1.165, 1.54) is 109 Å². The minimum Gasteiger partial charge on any atom is -0.394 e. The van der Waals surface area contributed by atoms with E-state index in [1.807, 2.05) is 0 Å². The number of hydrogen-bond donors (Lipinski definition) is 5. The Morgan fingerprint density at radius 2 is 0.980 bits per heavy atom. The van der Waals surface area contributed by atoms with Crippen LogP contribution in [0.5, 0.6) is 0 Å². The van der Waals surface area contributed by atoms with Gasteiger partial charge in [-0.25, -0.2) is 4.57 Å². The number of phosphoric ester groups is 1. The quantitative estimate of drug-likeness (QED) is 0.0272. The highest BCUT2D eigenvalue weighted by Crippen LogP contribution is 2.46. The summed E-state index contributed by atoms with van der Waals surface area (Å²) < 4.78 is 27.4. The zero-order valence-electron chi connectivity index (χ0n) is 33.1. The summed E-state index contributed by atoms with van der Waals surface area (Å²) in [5.41, 5.74) is 0. The van der Waals surface area contributed by atoms with Crippen LogP contribution >= 0.6 is 31.0 Å². The Morgan fingerprint density at radius 1 is 0.608 bits per heavy atom. The predicted molar refractivity (Wildman–Crippen MR) is 211 cm³/mol. The van der Waals surface area contributed by atoms with Crippen molar-refractivity contribution < 1.29 is 43.7 Å². The van der Waals surface area contributed by atoms with Crippen LogP contribution in [-0.2, 0) is 18.3 Å². The van der Waals surface area contributed by atoms with Crippen LogP contribution in [0.1, 0.15) is 170 Å². The standard InChI is InChI=1S/C38H77O9P.CH2Cl2/c1-7-8-9-10-11-17-29(2)18-12-19-30(3)20-13-21-31(4)22-14-23-32(5)24-15-25-33(6)26-16-27-45-48(43,44)47-38-37(42)36(41)35(40)34(28-39)46-38;2-1-3/h29-42H,7-28H2,1-6H3,(H,43,44);1H2/t29-,30-,31-,32-,33-,34?,35+,36-,37?,38-;/m0./s1. The van der Waals surface area contributed by atoms with Crippen LogP contribution in [0, 0.1) is 29.6 Å². The van der Waals surface area contributed by atoms with Crippen molar-refractivity contribution in [3.8, 4) is 0 Å². The number of rotatable bonds is 30. The van der Waals surface area contributed by atoms with Crippen LogP contribution in [-0.4, -0.2) is 74.6 Å². The smallest absolute Gasteiger partial charge is 0.394 e. The van der Waals surface area contributed by atoms with E-state index >= 15 is 0 Å². The fourth-order valence-electron chi connectivity index (χ4n) is 7.00. The van der Waals surface area contributed by atoms with Crippen molar-refractivity contribution in [2.75, 3.05) is 18.6 Å². The summed E-state index contributed by atoms with van der Waals surface area (Å²) in [4.78, 5) is 10.0. The summed E-state index contributed by atoms with van der Waals surface area (Å²) in [5.74, 6) is 3.77. The molecule has 51 heavy (non-hydrogen) atoms. The second-order valence-corrected chi connectivity index (χ2v) is 18.0. The predicted octanol–water partition coefficient (Wildman–Crippen LogP) is 10.3. The molecule has 0 aromatic carbocycles. The van der Waals surface area contributed by atoms with Crippen LogP contribution in [0.25, 0.3) is 0 Å². The second kappa shape index (κ2) is 31.7. The summed E-state index contributed by atoms with van der Waals surface area (Å²) >= 11 is 9.53. The van der Waals surface area contributed by atoms with E-state index in [0.717, 1.165) is 36.5 Å². The molecule has 0 saturated carbocycles. The SMILES string of the molecule is CCCCCCC[C@H](C)CCC[C@H](C)CCC[C@H](C)CCC[C@H](C)CCC[C@H](C)CCCOP(=O)(O)O[C@@H]1OC(CO)[C@@H](O)[C@H](O)C1O.ClCCl. The number of aliphatic hydroxyl groups is 4. The Labute approximate surface area is 322 Å². The number of phosphoric acid groups is 1.